The molecule has 2 aliphatic heterocycles. The van der Waals surface area contributed by atoms with Crippen LogP contribution >= 0.6 is 0 Å². The molecule has 2 fully saturated rings. The van der Waals surface area contributed by atoms with E-state index in [1.54, 1.807) is 51.4 Å². The number of methoxy groups -OCH3 is 2. The Bertz CT molecular complexity index is 2020. The Labute approximate surface area is 288 Å². The molecule has 0 aliphatic carbocycles. The zero-order chi connectivity index (χ0) is 34.0. The smallest absolute Gasteiger partial charge is 0.162 e. The molecule has 6 aromatic rings. The summed E-state index contributed by atoms with van der Waals surface area (Å²) in [6, 6.07) is 7.77. The molecule has 15 nitrogen and oxygen atoms in total. The van der Waals surface area contributed by atoms with Crippen molar-refractivity contribution in [1.29, 1.82) is 0 Å². The highest BCUT2D eigenvalue weighted by molar-refractivity contribution is 5.96. The molecule has 8 heterocycles. The quantitative estimate of drug-likeness (QED) is 0.243. The van der Waals surface area contributed by atoms with Crippen LogP contribution in [0.1, 0.15) is 0 Å². The third-order valence-corrected chi connectivity index (χ3v) is 9.07. The van der Waals surface area contributed by atoms with Crippen LogP contribution in [-0.2, 0) is 0 Å². The summed E-state index contributed by atoms with van der Waals surface area (Å²) >= 11 is 0. The monoisotopic (exact) mass is 671 g/mol. The third kappa shape index (κ3) is 5.90. The number of anilines is 4. The van der Waals surface area contributed by atoms with Crippen LogP contribution < -0.4 is 34.8 Å². The van der Waals surface area contributed by atoms with Gasteiger partial charge < -0.3 is 34.8 Å². The summed E-state index contributed by atoms with van der Waals surface area (Å²) in [7, 11) is 5.22. The van der Waals surface area contributed by atoms with E-state index in [1.165, 1.54) is 0 Å². The Morgan fingerprint density at radius 2 is 1.06 bits per heavy atom. The Morgan fingerprint density at radius 3 is 1.48 bits per heavy atom. The first kappa shape index (κ1) is 31.5. The van der Waals surface area contributed by atoms with Gasteiger partial charge in [-0.05, 0) is 24.3 Å². The van der Waals surface area contributed by atoms with Gasteiger partial charge in [0, 0.05) is 82.9 Å². The maximum atomic E-state index is 5.68. The predicted octanol–water partition coefficient (Wildman–Crippen LogP) is 3.09. The van der Waals surface area contributed by atoms with E-state index >= 15 is 0 Å². The zero-order valence-electron chi connectivity index (χ0n) is 28.2. The topological polar surface area (TPSA) is 155 Å². The number of rotatable bonds is 8. The van der Waals surface area contributed by atoms with Gasteiger partial charge in [0.25, 0.3) is 0 Å². The second kappa shape index (κ2) is 13.6. The average molecular weight is 672 g/mol. The molecule has 0 atom stereocenters. The van der Waals surface area contributed by atoms with Crippen molar-refractivity contribution >= 4 is 45.1 Å². The number of pyridine rings is 4. The molecule has 0 spiro atoms. The van der Waals surface area contributed by atoms with Crippen LogP contribution in [0.25, 0.3) is 44.6 Å². The van der Waals surface area contributed by atoms with E-state index in [0.29, 0.717) is 45.8 Å². The normalized spacial score (nSPS) is 15.0. The maximum absolute atomic E-state index is 5.68. The molecule has 0 saturated carbocycles. The summed E-state index contributed by atoms with van der Waals surface area (Å²) in [5, 5.41) is 8.54. The number of hydrogen-bond donors (Lipinski definition) is 2. The van der Waals surface area contributed by atoms with E-state index in [4.69, 9.17) is 39.4 Å². The van der Waals surface area contributed by atoms with Crippen molar-refractivity contribution in [2.24, 2.45) is 0 Å². The van der Waals surface area contributed by atoms with Crippen LogP contribution in [0.2, 0.25) is 0 Å². The number of piperazine rings is 2. The fourth-order valence-electron chi connectivity index (χ4n) is 6.45. The van der Waals surface area contributed by atoms with E-state index < -0.39 is 0 Å². The van der Waals surface area contributed by atoms with Crippen LogP contribution in [0, 0.1) is 0 Å². The molecular weight excluding hydrogens is 634 g/mol. The minimum atomic E-state index is 0.578. The predicted molar refractivity (Wildman–Crippen MR) is 192 cm³/mol. The SMILES string of the molecule is COc1cncc2nc(-c3ccnc(N(C)c4cc(-c5nc(N6CCNCC6)c6c(OC)cncc6n5)ccn4)c3)nc(N3CCNCC3)c12. The lowest BCUT2D eigenvalue weighted by atomic mass is 10.2. The van der Waals surface area contributed by atoms with Crippen LogP contribution in [0.15, 0.2) is 61.4 Å². The minimum Gasteiger partial charge on any atom is -0.494 e. The highest BCUT2D eigenvalue weighted by Crippen LogP contribution is 2.36. The second-order valence-corrected chi connectivity index (χ2v) is 12.1. The van der Waals surface area contributed by atoms with E-state index in [0.717, 1.165) is 85.9 Å². The number of nitrogens with zero attached hydrogens (tertiary/aromatic N) is 11. The van der Waals surface area contributed by atoms with Gasteiger partial charge in [-0.25, -0.2) is 29.9 Å². The Morgan fingerprint density at radius 1 is 0.620 bits per heavy atom. The number of fused-ring (bicyclic) bond motifs is 2. The van der Waals surface area contributed by atoms with Crippen molar-refractivity contribution in [2.45, 2.75) is 0 Å². The van der Waals surface area contributed by atoms with Gasteiger partial charge >= 0.3 is 0 Å². The van der Waals surface area contributed by atoms with Crippen LogP contribution in [0.5, 0.6) is 11.5 Å². The van der Waals surface area contributed by atoms with Gasteiger partial charge in [-0.1, -0.05) is 0 Å². The highest BCUT2D eigenvalue weighted by Gasteiger charge is 2.23. The summed E-state index contributed by atoms with van der Waals surface area (Å²) in [5.41, 5.74) is 3.07. The molecule has 2 aliphatic rings. The van der Waals surface area contributed by atoms with Crippen molar-refractivity contribution in [2.75, 3.05) is 88.3 Å². The van der Waals surface area contributed by atoms with E-state index in [2.05, 4.69) is 30.4 Å². The lowest BCUT2D eigenvalue weighted by Gasteiger charge is -2.30. The molecule has 6 aromatic heterocycles. The highest BCUT2D eigenvalue weighted by atomic mass is 16.5. The van der Waals surface area contributed by atoms with E-state index in [-0.39, 0.29) is 0 Å². The lowest BCUT2D eigenvalue weighted by Crippen LogP contribution is -2.44. The molecule has 0 unspecified atom stereocenters. The maximum Gasteiger partial charge on any atom is 0.162 e. The number of ether oxygens (including phenoxy) is 2. The zero-order valence-corrected chi connectivity index (χ0v) is 28.2. The first-order valence-electron chi connectivity index (χ1n) is 16.6. The van der Waals surface area contributed by atoms with Gasteiger partial charge in [-0.3, -0.25) is 9.97 Å². The van der Waals surface area contributed by atoms with Crippen molar-refractivity contribution in [1.82, 2.24) is 50.5 Å². The van der Waals surface area contributed by atoms with Crippen LogP contribution in [-0.4, -0.2) is 113 Å². The van der Waals surface area contributed by atoms with Crippen molar-refractivity contribution in [3.05, 3.63) is 61.4 Å². The first-order chi connectivity index (χ1) is 24.6. The lowest BCUT2D eigenvalue weighted by molar-refractivity contribution is 0.417. The van der Waals surface area contributed by atoms with Gasteiger partial charge in [0.05, 0.1) is 60.8 Å². The van der Waals surface area contributed by atoms with E-state index in [1.807, 2.05) is 36.2 Å². The molecule has 0 bridgehead atoms. The number of aromatic nitrogens is 8. The average Bonchev–Trinajstić information content (AvgIpc) is 3.20. The standard InChI is InChI=1S/C35H37N13O2/c1-46(28-16-22(4-6-40-28)32-42-24-18-38-20-26(49-2)30(24)34(44-32)47-12-8-36-9-13-47)29-17-23(5-7-41-29)33-43-25-19-39-21-27(50-3)31(25)35(45-33)48-14-10-37-11-15-48/h4-7,16-21,36-37H,8-15H2,1-3H3. The van der Waals surface area contributed by atoms with Gasteiger partial charge in [0.1, 0.15) is 34.8 Å². The van der Waals surface area contributed by atoms with Gasteiger partial charge in [0.15, 0.2) is 11.6 Å². The Kier molecular flexibility index (Phi) is 8.56. The Hall–Kier alpha value is -5.80. The molecule has 8 rings (SSSR count). The largest absolute Gasteiger partial charge is 0.494 e. The van der Waals surface area contributed by atoms with Crippen molar-refractivity contribution in [3.63, 3.8) is 0 Å². The fraction of sp³-hybridized carbons (Fsp3) is 0.314. The molecule has 2 N–H and O–H groups in total. The summed E-state index contributed by atoms with van der Waals surface area (Å²) in [6.07, 6.45) is 10.5. The molecular formula is C35H37N13O2. The van der Waals surface area contributed by atoms with E-state index in [9.17, 15) is 0 Å². The molecule has 0 amide bonds. The molecule has 0 aromatic carbocycles. The van der Waals surface area contributed by atoms with Gasteiger partial charge in [0.2, 0.25) is 0 Å². The van der Waals surface area contributed by atoms with Gasteiger partial charge in [-0.15, -0.1) is 0 Å². The summed E-state index contributed by atoms with van der Waals surface area (Å²) in [5.74, 6) is 5.47. The summed E-state index contributed by atoms with van der Waals surface area (Å²) in [4.78, 5) is 44.7. The van der Waals surface area contributed by atoms with Crippen LogP contribution in [0.4, 0.5) is 23.3 Å². The first-order valence-corrected chi connectivity index (χ1v) is 16.6. The summed E-state index contributed by atoms with van der Waals surface area (Å²) < 4.78 is 11.4. The second-order valence-electron chi connectivity index (χ2n) is 12.1. The Balaban J connectivity index is 1.16. The number of nitrogens with one attached hydrogen (secondary N) is 2. The summed E-state index contributed by atoms with van der Waals surface area (Å²) in [6.45, 7) is 6.79. The molecule has 2 saturated heterocycles. The van der Waals surface area contributed by atoms with Crippen molar-refractivity contribution < 1.29 is 9.47 Å². The van der Waals surface area contributed by atoms with Crippen LogP contribution in [0.3, 0.4) is 0 Å². The molecule has 50 heavy (non-hydrogen) atoms. The molecule has 15 heteroatoms. The van der Waals surface area contributed by atoms with Gasteiger partial charge in [-0.2, -0.15) is 0 Å². The molecule has 0 radical (unpaired) electrons. The van der Waals surface area contributed by atoms with Crippen molar-refractivity contribution in [3.8, 4) is 34.3 Å². The fourth-order valence-corrected chi connectivity index (χ4v) is 6.45. The number of hydrogen-bond acceptors (Lipinski definition) is 15. The minimum absolute atomic E-state index is 0.578. The molecule has 254 valence electrons. The third-order valence-electron chi connectivity index (χ3n) is 9.07.